The number of nitrogens with zero attached hydrogens (tertiary/aromatic N) is 5. The largest absolute Gasteiger partial charge is 0.349 e. The normalized spacial score (nSPS) is 20.4. The zero-order valence-corrected chi connectivity index (χ0v) is 10.2. The summed E-state index contributed by atoms with van der Waals surface area (Å²) in [6, 6.07) is 0. The molecule has 1 aliphatic rings. The third-order valence-corrected chi connectivity index (χ3v) is 3.53. The Labute approximate surface area is 102 Å². The van der Waals surface area contributed by atoms with Crippen LogP contribution in [0.1, 0.15) is 6.42 Å². The van der Waals surface area contributed by atoms with Crippen molar-refractivity contribution in [3.05, 3.63) is 12.4 Å². The van der Waals surface area contributed by atoms with Gasteiger partial charge in [0.1, 0.15) is 6.17 Å². The van der Waals surface area contributed by atoms with E-state index in [1.165, 1.54) is 11.8 Å². The molecule has 3 rings (SSSR count). The zero-order valence-electron chi connectivity index (χ0n) is 9.38. The highest BCUT2D eigenvalue weighted by molar-refractivity contribution is 7.98. The Balaban J connectivity index is 2.08. The molecule has 2 aromatic rings. The van der Waals surface area contributed by atoms with Crippen LogP contribution in [-0.4, -0.2) is 45.1 Å². The van der Waals surface area contributed by atoms with Crippen LogP contribution in [0.2, 0.25) is 0 Å². The smallest absolute Gasteiger partial charge is 0.195 e. The summed E-state index contributed by atoms with van der Waals surface area (Å²) in [6.07, 6.45) is 5.29. The summed E-state index contributed by atoms with van der Waals surface area (Å²) in [5.74, 6) is 0.674. The molecule has 1 atom stereocenters. The minimum absolute atomic E-state index is 0.385. The molecular formula is C10H12FN5S. The standard InChI is InChI=1S/C10H12FN5S/c1-17-10-14-13-9(8-12-3-5-16(8)10)15-4-2-7(11)6-15/h3,5,7H,2,4,6H2,1H3/t7-/m1/s1. The summed E-state index contributed by atoms with van der Waals surface area (Å²) in [4.78, 5) is 6.19. The molecule has 0 amide bonds. The average Bonchev–Trinajstić information content (AvgIpc) is 2.96. The second kappa shape index (κ2) is 4.14. The Morgan fingerprint density at radius 1 is 1.47 bits per heavy atom. The molecule has 5 nitrogen and oxygen atoms in total. The van der Waals surface area contributed by atoms with Crippen molar-refractivity contribution < 1.29 is 4.39 Å². The minimum atomic E-state index is -0.771. The number of rotatable bonds is 2. The monoisotopic (exact) mass is 253 g/mol. The van der Waals surface area contributed by atoms with Crippen molar-refractivity contribution in [3.8, 4) is 0 Å². The van der Waals surface area contributed by atoms with Crippen LogP contribution in [-0.2, 0) is 0 Å². The van der Waals surface area contributed by atoms with Crippen LogP contribution >= 0.6 is 11.8 Å². The van der Waals surface area contributed by atoms with Gasteiger partial charge in [-0.3, -0.25) is 4.40 Å². The van der Waals surface area contributed by atoms with Gasteiger partial charge in [0.2, 0.25) is 0 Å². The van der Waals surface area contributed by atoms with E-state index in [2.05, 4.69) is 15.2 Å². The second-order valence-electron chi connectivity index (χ2n) is 3.96. The number of imidazole rings is 1. The first-order valence-electron chi connectivity index (χ1n) is 5.42. The van der Waals surface area contributed by atoms with E-state index in [0.717, 1.165) is 10.8 Å². The minimum Gasteiger partial charge on any atom is -0.349 e. The van der Waals surface area contributed by atoms with Crippen LogP contribution in [0.25, 0.3) is 5.65 Å². The van der Waals surface area contributed by atoms with Gasteiger partial charge in [-0.15, -0.1) is 10.2 Å². The molecule has 7 heteroatoms. The fraction of sp³-hybridized carbons (Fsp3) is 0.500. The average molecular weight is 253 g/mol. The van der Waals surface area contributed by atoms with E-state index in [0.29, 0.717) is 25.3 Å². The van der Waals surface area contributed by atoms with Crippen LogP contribution in [0.4, 0.5) is 10.2 Å². The number of alkyl halides is 1. The molecule has 0 aromatic carbocycles. The van der Waals surface area contributed by atoms with Gasteiger partial charge in [-0.1, -0.05) is 11.8 Å². The lowest BCUT2D eigenvalue weighted by Gasteiger charge is -2.16. The van der Waals surface area contributed by atoms with Gasteiger partial charge in [-0.2, -0.15) is 0 Å². The summed E-state index contributed by atoms with van der Waals surface area (Å²) < 4.78 is 15.1. The number of aromatic nitrogens is 4. The van der Waals surface area contributed by atoms with Gasteiger partial charge >= 0.3 is 0 Å². The van der Waals surface area contributed by atoms with Crippen molar-refractivity contribution >= 4 is 23.2 Å². The van der Waals surface area contributed by atoms with Crippen LogP contribution in [0, 0.1) is 0 Å². The molecule has 0 radical (unpaired) electrons. The summed E-state index contributed by atoms with van der Waals surface area (Å²) in [5.41, 5.74) is 0.749. The van der Waals surface area contributed by atoms with Gasteiger partial charge in [-0.25, -0.2) is 9.37 Å². The molecule has 0 bridgehead atoms. The van der Waals surface area contributed by atoms with E-state index in [-0.39, 0.29) is 0 Å². The summed E-state index contributed by atoms with van der Waals surface area (Å²) in [5, 5.41) is 9.10. The second-order valence-corrected chi connectivity index (χ2v) is 4.74. The van der Waals surface area contributed by atoms with Gasteiger partial charge in [0.05, 0.1) is 6.54 Å². The van der Waals surface area contributed by atoms with E-state index in [1.807, 2.05) is 21.8 Å². The van der Waals surface area contributed by atoms with Crippen LogP contribution in [0.5, 0.6) is 0 Å². The first kappa shape index (κ1) is 10.8. The Hall–Kier alpha value is -1.37. The Morgan fingerprint density at radius 3 is 3.06 bits per heavy atom. The highest BCUT2D eigenvalue weighted by atomic mass is 32.2. The van der Waals surface area contributed by atoms with Crippen LogP contribution in [0.15, 0.2) is 17.6 Å². The van der Waals surface area contributed by atoms with Crippen molar-refractivity contribution in [2.24, 2.45) is 0 Å². The van der Waals surface area contributed by atoms with E-state index >= 15 is 0 Å². The molecule has 0 aliphatic carbocycles. The number of fused-ring (bicyclic) bond motifs is 1. The van der Waals surface area contributed by atoms with E-state index in [1.54, 1.807) is 6.20 Å². The molecule has 0 unspecified atom stereocenters. The fourth-order valence-electron chi connectivity index (χ4n) is 2.06. The molecule has 1 aliphatic heterocycles. The van der Waals surface area contributed by atoms with Crippen molar-refractivity contribution in [1.82, 2.24) is 19.6 Å². The predicted octanol–water partition coefficient (Wildman–Crippen LogP) is 1.39. The molecule has 0 saturated carbocycles. The SMILES string of the molecule is CSc1nnc(N2CC[C@@H](F)C2)c2nccn12. The highest BCUT2D eigenvalue weighted by Crippen LogP contribution is 2.25. The zero-order chi connectivity index (χ0) is 11.8. The van der Waals surface area contributed by atoms with Gasteiger partial charge < -0.3 is 4.90 Å². The number of hydrogen-bond donors (Lipinski definition) is 0. The molecule has 17 heavy (non-hydrogen) atoms. The third kappa shape index (κ3) is 1.74. The maximum absolute atomic E-state index is 13.2. The first-order valence-corrected chi connectivity index (χ1v) is 6.65. The molecule has 1 saturated heterocycles. The molecule has 0 N–H and O–H groups in total. The number of thioether (sulfide) groups is 1. The predicted molar refractivity (Wildman–Crippen MR) is 64.3 cm³/mol. The Bertz CT molecular complexity index is 542. The number of anilines is 1. The quantitative estimate of drug-likeness (QED) is 0.757. The number of halogens is 1. The van der Waals surface area contributed by atoms with Crippen molar-refractivity contribution in [1.29, 1.82) is 0 Å². The number of hydrogen-bond acceptors (Lipinski definition) is 5. The van der Waals surface area contributed by atoms with E-state index < -0.39 is 6.17 Å². The molecule has 3 heterocycles. The molecular weight excluding hydrogens is 241 g/mol. The van der Waals surface area contributed by atoms with E-state index in [4.69, 9.17) is 0 Å². The Morgan fingerprint density at radius 2 is 2.35 bits per heavy atom. The third-order valence-electron chi connectivity index (χ3n) is 2.89. The van der Waals surface area contributed by atoms with Crippen molar-refractivity contribution in [2.75, 3.05) is 24.2 Å². The lowest BCUT2D eigenvalue weighted by Crippen LogP contribution is -2.22. The fourth-order valence-corrected chi connectivity index (χ4v) is 2.53. The van der Waals surface area contributed by atoms with Gasteiger partial charge in [0.25, 0.3) is 0 Å². The summed E-state index contributed by atoms with van der Waals surface area (Å²) in [7, 11) is 0. The lowest BCUT2D eigenvalue weighted by molar-refractivity contribution is 0.364. The van der Waals surface area contributed by atoms with Gasteiger partial charge in [-0.05, 0) is 12.7 Å². The van der Waals surface area contributed by atoms with Gasteiger partial charge in [0.15, 0.2) is 16.6 Å². The lowest BCUT2D eigenvalue weighted by atomic mass is 10.3. The maximum atomic E-state index is 13.2. The highest BCUT2D eigenvalue weighted by Gasteiger charge is 2.25. The van der Waals surface area contributed by atoms with E-state index in [9.17, 15) is 4.39 Å². The molecule has 2 aromatic heterocycles. The Kier molecular flexibility index (Phi) is 2.62. The first-order chi connectivity index (χ1) is 8.29. The summed E-state index contributed by atoms with van der Waals surface area (Å²) >= 11 is 1.51. The maximum Gasteiger partial charge on any atom is 0.195 e. The topological polar surface area (TPSA) is 46.3 Å². The van der Waals surface area contributed by atoms with Crippen LogP contribution in [0.3, 0.4) is 0 Å². The molecule has 90 valence electrons. The van der Waals surface area contributed by atoms with Crippen molar-refractivity contribution in [3.63, 3.8) is 0 Å². The van der Waals surface area contributed by atoms with Crippen molar-refractivity contribution in [2.45, 2.75) is 17.7 Å². The van der Waals surface area contributed by atoms with Crippen LogP contribution < -0.4 is 4.90 Å². The molecule has 1 fully saturated rings. The summed E-state index contributed by atoms with van der Waals surface area (Å²) in [6.45, 7) is 1.06. The molecule has 0 spiro atoms. The van der Waals surface area contributed by atoms with Gasteiger partial charge in [0, 0.05) is 18.9 Å².